The van der Waals surface area contributed by atoms with E-state index in [0.717, 1.165) is 71.8 Å². The maximum absolute atomic E-state index is 16.4. The van der Waals surface area contributed by atoms with E-state index in [1.54, 1.807) is 56.3 Å². The van der Waals surface area contributed by atoms with Crippen molar-refractivity contribution in [2.45, 2.75) is 169 Å². The minimum Gasteiger partial charge on any atom is -0.508 e. The Morgan fingerprint density at radius 2 is 1.33 bits per heavy atom. The molecule has 37 nitrogen and oxygen atoms in total. The zero-order valence-corrected chi connectivity index (χ0v) is 69.3. The second kappa shape index (κ2) is 39.2. The van der Waals surface area contributed by atoms with Crippen LogP contribution in [0.25, 0.3) is 21.6 Å². The van der Waals surface area contributed by atoms with E-state index < -0.39 is 231 Å². The third-order valence-electron chi connectivity index (χ3n) is 21.3. The van der Waals surface area contributed by atoms with E-state index in [4.69, 9.17) is 91.0 Å². The Labute approximate surface area is 722 Å². The number of fused-ring (bicyclic) bond motifs is 15. The highest BCUT2D eigenvalue weighted by molar-refractivity contribution is 6.42. The van der Waals surface area contributed by atoms with E-state index >= 15 is 24.0 Å². The lowest BCUT2D eigenvalue weighted by atomic mass is 9.84. The van der Waals surface area contributed by atoms with Gasteiger partial charge in [0, 0.05) is 53.7 Å². The number of ether oxygens (including phenoxy) is 7. The summed E-state index contributed by atoms with van der Waals surface area (Å²) in [6.07, 6.45) is -18.9. The van der Waals surface area contributed by atoms with Crippen LogP contribution >= 0.6 is 46.4 Å². The van der Waals surface area contributed by atoms with Gasteiger partial charge in [0.1, 0.15) is 102 Å². The number of rotatable bonds is 22. The van der Waals surface area contributed by atoms with E-state index in [0.29, 0.717) is 15.8 Å². The molecule has 123 heavy (non-hydrogen) atoms. The zero-order valence-electron chi connectivity index (χ0n) is 66.3. The molecule has 8 amide bonds. The van der Waals surface area contributed by atoms with Crippen LogP contribution in [0.15, 0.2) is 126 Å². The van der Waals surface area contributed by atoms with E-state index in [1.807, 2.05) is 13.8 Å². The van der Waals surface area contributed by atoms with Gasteiger partial charge in [0.25, 0.3) is 0 Å². The molecule has 0 aliphatic carbocycles. The van der Waals surface area contributed by atoms with E-state index in [-0.39, 0.29) is 78.0 Å². The summed E-state index contributed by atoms with van der Waals surface area (Å²) in [6.45, 7) is 6.17. The average Bonchev–Trinajstić information content (AvgIpc) is 0.765. The summed E-state index contributed by atoms with van der Waals surface area (Å²) in [4.78, 5) is 123. The molecule has 14 rings (SSSR count). The number of benzene rings is 7. The van der Waals surface area contributed by atoms with Gasteiger partial charge in [-0.3, -0.25) is 38.4 Å². The van der Waals surface area contributed by atoms with Crippen molar-refractivity contribution in [3.05, 3.63) is 191 Å². The van der Waals surface area contributed by atoms with Gasteiger partial charge in [-0.05, 0) is 157 Å². The molecule has 0 saturated carbocycles. The SMILES string of the molecule is CN[C@H](CC(C)C)C(=O)N[C@H]1C(=O)N[C@@H](CC(N)=O)C(=O)N[C@H]2C(=O)NC3C(=O)N[C@@H](C(=O)N[C@H](C(=O)NCCN)c4cc(O)cc(O)c4-c4cc3ccc4O)[C@H](O)c3ccc(c(Cl)c3)Oc3cc2cc(c3OC2OC(CN=[N+]=[N-])C(O)C(O)C2OC2CC(C)(NCc3ccc(OCc4ccc(Cl)c(Cl)c4)cc3)C(O)C(C)O2)Oc2ccc(cc2Cl)[C@H]1O. The van der Waals surface area contributed by atoms with Gasteiger partial charge in [-0.2, -0.15) is 0 Å². The van der Waals surface area contributed by atoms with Gasteiger partial charge >= 0.3 is 0 Å². The Morgan fingerprint density at radius 1 is 0.691 bits per heavy atom. The Hall–Kier alpha value is -11.1. The molecule has 21 N–H and O–H groups in total. The summed E-state index contributed by atoms with van der Waals surface area (Å²) in [5.74, 6) is -14.5. The second-order valence-corrected chi connectivity index (χ2v) is 32.3. The average molecular weight is 1780 g/mol. The summed E-state index contributed by atoms with van der Waals surface area (Å²) < 4.78 is 45.9. The van der Waals surface area contributed by atoms with Crippen LogP contribution in [0.2, 0.25) is 20.1 Å². The summed E-state index contributed by atoms with van der Waals surface area (Å²) in [7, 11) is 1.48. The van der Waals surface area contributed by atoms with Crippen molar-refractivity contribution < 1.29 is 112 Å². The predicted molar refractivity (Wildman–Crippen MR) is 441 cm³/mol. The molecule has 41 heteroatoms. The number of phenols is 3. The molecule has 18 atom stereocenters. The number of phenolic OH excluding ortho intramolecular Hbond substituents is 3. The van der Waals surface area contributed by atoms with Crippen molar-refractivity contribution >= 4 is 93.7 Å². The number of amides is 8. The van der Waals surface area contributed by atoms with Crippen molar-refractivity contribution in [2.75, 3.05) is 26.7 Å². The molecule has 7 aliphatic rings. The Bertz CT molecular complexity index is 5230. The molecular weight excluding hydrogens is 1690 g/mol. The third kappa shape index (κ3) is 20.9. The van der Waals surface area contributed by atoms with E-state index in [2.05, 4.69) is 57.9 Å². The van der Waals surface area contributed by atoms with Crippen LogP contribution in [-0.4, -0.2) is 194 Å². The first-order valence-corrected chi connectivity index (χ1v) is 40.3. The molecule has 10 unspecified atom stereocenters. The van der Waals surface area contributed by atoms with Crippen LogP contribution in [0, 0.1) is 5.92 Å². The van der Waals surface area contributed by atoms with Crippen LogP contribution in [0.3, 0.4) is 0 Å². The topological polar surface area (TPSA) is 572 Å². The number of carbonyl (C=O) groups excluding carboxylic acids is 8. The van der Waals surface area contributed by atoms with Gasteiger partial charge in [0.05, 0.1) is 57.4 Å². The minimum atomic E-state index is -2.37. The number of aromatic hydroxyl groups is 3. The largest absolute Gasteiger partial charge is 0.508 e. The van der Waals surface area contributed by atoms with Crippen molar-refractivity contribution in [3.63, 3.8) is 0 Å². The van der Waals surface area contributed by atoms with Crippen LogP contribution in [0.4, 0.5) is 0 Å². The number of likely N-dealkylation sites (N-methyl/N-ethyl adjacent to an activating group) is 1. The molecular formula is C82H90Cl4N14O23. The van der Waals surface area contributed by atoms with Crippen LogP contribution in [0.1, 0.15) is 116 Å². The first kappa shape index (κ1) is 91.1. The number of halogens is 4. The maximum Gasteiger partial charge on any atom is 0.248 e. The molecule has 7 aliphatic heterocycles. The van der Waals surface area contributed by atoms with Crippen molar-refractivity contribution in [1.29, 1.82) is 0 Å². The fraction of sp³-hybridized carbons (Fsp3) is 0.390. The highest BCUT2D eigenvalue weighted by Crippen LogP contribution is 2.50. The van der Waals surface area contributed by atoms with Crippen LogP contribution in [0.5, 0.6) is 51.7 Å². The zero-order chi connectivity index (χ0) is 88.7. The van der Waals surface area contributed by atoms with Crippen molar-refractivity contribution in [3.8, 4) is 62.9 Å². The summed E-state index contributed by atoms with van der Waals surface area (Å²) in [5.41, 5.74) is 19.0. The lowest BCUT2D eigenvalue weighted by Crippen LogP contribution is -2.65. The highest BCUT2D eigenvalue weighted by atomic mass is 35.5. The molecule has 2 saturated heterocycles. The Kier molecular flexibility index (Phi) is 29.0. The number of nitrogens with zero attached hydrogens (tertiary/aromatic N) is 3. The lowest BCUT2D eigenvalue weighted by molar-refractivity contribution is -0.331. The van der Waals surface area contributed by atoms with Gasteiger partial charge in [0.2, 0.25) is 59.3 Å². The van der Waals surface area contributed by atoms with Crippen molar-refractivity contribution in [1.82, 2.24) is 47.9 Å². The summed E-state index contributed by atoms with van der Waals surface area (Å²) >= 11 is 26.8. The number of azide groups is 1. The number of aliphatic hydroxyl groups is 5. The third-order valence-corrected chi connectivity index (χ3v) is 22.7. The smallest absolute Gasteiger partial charge is 0.248 e. The highest BCUT2D eigenvalue weighted by Gasteiger charge is 2.52. The lowest BCUT2D eigenvalue weighted by Gasteiger charge is -2.48. The van der Waals surface area contributed by atoms with Crippen LogP contribution in [-0.2, 0) is 65.7 Å². The molecule has 7 aromatic rings. The molecule has 7 heterocycles. The predicted octanol–water partition coefficient (Wildman–Crippen LogP) is 5.13. The monoisotopic (exact) mass is 1780 g/mol. The number of hydrogen-bond acceptors (Lipinski definition) is 27. The number of hydrogen-bond donors (Lipinski definition) is 19. The number of nitrogens with one attached hydrogen (secondary N) is 9. The van der Waals surface area contributed by atoms with Crippen molar-refractivity contribution in [2.24, 2.45) is 22.5 Å². The van der Waals surface area contributed by atoms with Gasteiger partial charge in [-0.15, -0.1) is 0 Å². The summed E-state index contributed by atoms with van der Waals surface area (Å²) in [6, 6.07) is 12.2. The maximum atomic E-state index is 16.4. The fourth-order valence-corrected chi connectivity index (χ4v) is 15.6. The minimum absolute atomic E-state index is 0.115. The van der Waals surface area contributed by atoms with E-state index in [9.17, 15) is 60.8 Å². The van der Waals surface area contributed by atoms with Crippen LogP contribution < -0.4 is 78.3 Å². The molecule has 0 spiro atoms. The molecule has 2 fully saturated rings. The first-order valence-electron chi connectivity index (χ1n) is 38.8. The van der Waals surface area contributed by atoms with Gasteiger partial charge in [-0.1, -0.05) is 102 Å². The quantitative estimate of drug-likeness (QED) is 0.0237. The first-order chi connectivity index (χ1) is 58.5. The molecule has 0 aromatic heterocycles. The van der Waals surface area contributed by atoms with E-state index in [1.165, 1.54) is 25.2 Å². The number of aliphatic hydroxyl groups excluding tert-OH is 5. The van der Waals surface area contributed by atoms with Gasteiger partial charge < -0.3 is 133 Å². The number of nitrogens with two attached hydrogens (primary N) is 2. The fourth-order valence-electron chi connectivity index (χ4n) is 14.9. The Balaban J connectivity index is 1.03. The number of primary amides is 1. The standard InChI is InChI=1S/C82H90Cl4N14O23/c1-34(2)20-50(90-5)74(110)98-65-67(105)39-10-16-54(48(85)23-39)119-56-25-41-26-57(71(56)123-81-72(70(108)69(107)58(121-81)32-93-100-89)122-60-30-82(4,73(109)35(3)118-60)92-31-36-6-12-43(13-7-36)117-33-37-8-14-46(83)47(84)21-37)120-55-17-11-40(24-49(55)86)68(106)66-80(116)97-64(76(112)91-19-18-87)45-27-42(101)28-53(103)61(45)44-22-38(9-15-52(44)102)62(77(113)99-66)96-78(114)63(41)95-75(111)51(29-59(88)104)94-79(65)115/h6-17,21-28,34-35,50-51,58,60,62-70,72-73,81,90,92,101-103,105-109H,18-20,29-33,87H2,1-5H3,(H2,88,104)(H,91,112)(H,94,115)(H,95,111)(H,96,114)(H,97,116)(H,98,110)(H,99,113)/t35?,50-,51+,58?,60?,62?,63-,64+,65-,66-,67-,68-,69?,70?,72?,73?,81?,82?/m1/s1. The molecule has 0 radical (unpaired) electrons. The second-order valence-electron chi connectivity index (χ2n) is 30.6. The molecule has 7 aromatic carbocycles. The molecule has 11 bridgehead atoms. The molecule has 654 valence electrons. The summed E-state index contributed by atoms with van der Waals surface area (Å²) in [5, 5.41) is 124. The van der Waals surface area contributed by atoms with Gasteiger partial charge in [0.15, 0.2) is 23.9 Å². The number of carbonyl (C=O) groups is 8. The Morgan fingerprint density at radius 3 is 1.97 bits per heavy atom. The van der Waals surface area contributed by atoms with Gasteiger partial charge in [-0.25, -0.2) is 0 Å². The normalized spacial score (nSPS) is 26.1.